The fourth-order valence-corrected chi connectivity index (χ4v) is 1.20. The summed E-state index contributed by atoms with van der Waals surface area (Å²) in [4.78, 5) is 18.4. The normalized spacial score (nSPS) is 15.4. The smallest absolute Gasteiger partial charge is 0.339 e. The molecule has 0 aliphatic heterocycles. The quantitative estimate of drug-likeness (QED) is 0.725. The van der Waals surface area contributed by atoms with E-state index < -0.39 is 5.97 Å². The van der Waals surface area contributed by atoms with Crippen LogP contribution in [0.3, 0.4) is 0 Å². The van der Waals surface area contributed by atoms with E-state index in [2.05, 4.69) is 15.3 Å². The van der Waals surface area contributed by atoms with Crippen LogP contribution in [0, 0.1) is 0 Å². The first-order valence-electron chi connectivity index (χ1n) is 4.53. The Hall–Kier alpha value is -1.49. The Bertz CT molecular complexity index is 350. The zero-order valence-electron chi connectivity index (χ0n) is 7.60. The molecule has 1 saturated carbocycles. The average molecular weight is 193 g/mol. The lowest BCUT2D eigenvalue weighted by molar-refractivity contribution is 0.0694. The van der Waals surface area contributed by atoms with E-state index in [-0.39, 0.29) is 5.56 Å². The molecular formula is C9H11N3O2. The lowest BCUT2D eigenvalue weighted by Crippen LogP contribution is -2.19. The van der Waals surface area contributed by atoms with Crippen LogP contribution in [0.25, 0.3) is 0 Å². The number of carboxylic acid groups (broad SMARTS) is 1. The van der Waals surface area contributed by atoms with Gasteiger partial charge in [0.1, 0.15) is 11.9 Å². The molecule has 2 N–H and O–H groups in total. The molecule has 0 saturated heterocycles. The number of rotatable bonds is 4. The predicted octanol–water partition coefficient (Wildman–Crippen LogP) is 0.427. The fraction of sp³-hybridized carbons (Fsp3) is 0.444. The zero-order chi connectivity index (χ0) is 9.97. The van der Waals surface area contributed by atoms with Gasteiger partial charge in [0.15, 0.2) is 0 Å². The Morgan fingerprint density at radius 1 is 1.64 bits per heavy atom. The van der Waals surface area contributed by atoms with Crippen LogP contribution in [0.2, 0.25) is 0 Å². The molecule has 1 fully saturated rings. The van der Waals surface area contributed by atoms with Gasteiger partial charge in [0, 0.05) is 18.8 Å². The topological polar surface area (TPSA) is 75.1 Å². The summed E-state index contributed by atoms with van der Waals surface area (Å²) in [6, 6.07) is 0.548. The molecule has 2 rings (SSSR count). The van der Waals surface area contributed by atoms with E-state index >= 15 is 0 Å². The zero-order valence-corrected chi connectivity index (χ0v) is 7.60. The van der Waals surface area contributed by atoms with Crippen LogP contribution in [-0.4, -0.2) is 27.1 Å². The summed E-state index contributed by atoms with van der Waals surface area (Å²) >= 11 is 0. The van der Waals surface area contributed by atoms with Crippen molar-refractivity contribution >= 4 is 5.97 Å². The molecule has 1 aromatic heterocycles. The van der Waals surface area contributed by atoms with Gasteiger partial charge in [0.05, 0.1) is 5.69 Å². The van der Waals surface area contributed by atoms with Crippen molar-refractivity contribution in [2.24, 2.45) is 0 Å². The Morgan fingerprint density at radius 3 is 3.07 bits per heavy atom. The second kappa shape index (κ2) is 3.71. The van der Waals surface area contributed by atoms with Gasteiger partial charge >= 0.3 is 5.97 Å². The van der Waals surface area contributed by atoms with Crippen LogP contribution in [0.1, 0.15) is 28.9 Å². The lowest BCUT2D eigenvalue weighted by Gasteiger charge is -2.04. The molecule has 0 unspecified atom stereocenters. The number of hydrogen-bond acceptors (Lipinski definition) is 4. The van der Waals surface area contributed by atoms with E-state index in [1.807, 2.05) is 0 Å². The van der Waals surface area contributed by atoms with Crippen LogP contribution < -0.4 is 5.32 Å². The van der Waals surface area contributed by atoms with Crippen molar-refractivity contribution < 1.29 is 9.90 Å². The van der Waals surface area contributed by atoms with E-state index in [0.29, 0.717) is 18.3 Å². The standard InChI is InChI=1S/C9H11N3O2/c13-9(14)7-3-10-5-12-8(7)4-11-6-1-2-6/h3,5-6,11H,1-2,4H2,(H,13,14). The van der Waals surface area contributed by atoms with Crippen LogP contribution in [0.5, 0.6) is 0 Å². The summed E-state index contributed by atoms with van der Waals surface area (Å²) in [6.07, 6.45) is 5.05. The fourth-order valence-electron chi connectivity index (χ4n) is 1.20. The molecule has 0 aromatic carbocycles. The highest BCUT2D eigenvalue weighted by atomic mass is 16.4. The number of nitrogens with one attached hydrogen (secondary N) is 1. The van der Waals surface area contributed by atoms with Gasteiger partial charge in [-0.05, 0) is 12.8 Å². The molecule has 0 spiro atoms. The van der Waals surface area contributed by atoms with Crippen molar-refractivity contribution in [3.8, 4) is 0 Å². The molecule has 0 bridgehead atoms. The predicted molar refractivity (Wildman–Crippen MR) is 48.9 cm³/mol. The second-order valence-electron chi connectivity index (χ2n) is 3.34. The molecule has 0 atom stereocenters. The molecule has 1 aliphatic carbocycles. The number of carbonyl (C=O) groups is 1. The minimum atomic E-state index is -0.974. The molecule has 5 heteroatoms. The molecule has 0 radical (unpaired) electrons. The molecule has 1 aromatic rings. The Balaban J connectivity index is 2.09. The van der Waals surface area contributed by atoms with Crippen molar-refractivity contribution in [3.63, 3.8) is 0 Å². The van der Waals surface area contributed by atoms with Crippen LogP contribution >= 0.6 is 0 Å². The van der Waals surface area contributed by atoms with Crippen LogP contribution in [-0.2, 0) is 6.54 Å². The van der Waals surface area contributed by atoms with E-state index in [4.69, 9.17) is 5.11 Å². The number of hydrogen-bond donors (Lipinski definition) is 2. The van der Waals surface area contributed by atoms with Crippen molar-refractivity contribution in [3.05, 3.63) is 23.8 Å². The molecule has 14 heavy (non-hydrogen) atoms. The lowest BCUT2D eigenvalue weighted by atomic mass is 10.2. The highest BCUT2D eigenvalue weighted by molar-refractivity contribution is 5.88. The van der Waals surface area contributed by atoms with Crippen molar-refractivity contribution in [2.75, 3.05) is 0 Å². The summed E-state index contributed by atoms with van der Waals surface area (Å²) in [5, 5.41) is 12.1. The number of nitrogens with zero attached hydrogens (tertiary/aromatic N) is 2. The highest BCUT2D eigenvalue weighted by Crippen LogP contribution is 2.19. The maximum absolute atomic E-state index is 10.8. The monoisotopic (exact) mass is 193 g/mol. The third kappa shape index (κ3) is 2.05. The van der Waals surface area contributed by atoms with Gasteiger partial charge in [-0.1, -0.05) is 0 Å². The first kappa shape index (κ1) is 9.08. The Labute approximate surface area is 81.2 Å². The van der Waals surface area contributed by atoms with E-state index in [1.165, 1.54) is 25.4 Å². The van der Waals surface area contributed by atoms with E-state index in [0.717, 1.165) is 0 Å². The minimum Gasteiger partial charge on any atom is -0.478 e. The molecule has 1 heterocycles. The van der Waals surface area contributed by atoms with Crippen molar-refractivity contribution in [1.82, 2.24) is 15.3 Å². The first-order chi connectivity index (χ1) is 6.77. The Morgan fingerprint density at radius 2 is 2.43 bits per heavy atom. The SMILES string of the molecule is O=C(O)c1cncnc1CNC1CC1. The van der Waals surface area contributed by atoms with Crippen LogP contribution in [0.4, 0.5) is 0 Å². The first-order valence-corrected chi connectivity index (χ1v) is 4.53. The summed E-state index contributed by atoms with van der Waals surface area (Å²) < 4.78 is 0. The second-order valence-corrected chi connectivity index (χ2v) is 3.34. The molecule has 1 aliphatic rings. The molecular weight excluding hydrogens is 182 g/mol. The number of aromatic carboxylic acids is 1. The largest absolute Gasteiger partial charge is 0.478 e. The number of carboxylic acids is 1. The molecule has 0 amide bonds. The summed E-state index contributed by atoms with van der Waals surface area (Å²) in [6.45, 7) is 0.509. The summed E-state index contributed by atoms with van der Waals surface area (Å²) in [7, 11) is 0. The van der Waals surface area contributed by atoms with Crippen LogP contribution in [0.15, 0.2) is 12.5 Å². The van der Waals surface area contributed by atoms with Gasteiger partial charge in [0.25, 0.3) is 0 Å². The molecule has 5 nitrogen and oxygen atoms in total. The van der Waals surface area contributed by atoms with E-state index in [1.54, 1.807) is 0 Å². The third-order valence-electron chi connectivity index (χ3n) is 2.16. The maximum atomic E-state index is 10.8. The Kier molecular flexibility index (Phi) is 2.41. The van der Waals surface area contributed by atoms with Gasteiger partial charge in [-0.3, -0.25) is 0 Å². The summed E-state index contributed by atoms with van der Waals surface area (Å²) in [5.74, 6) is -0.974. The van der Waals surface area contributed by atoms with Gasteiger partial charge in [0.2, 0.25) is 0 Å². The van der Waals surface area contributed by atoms with Crippen molar-refractivity contribution in [1.29, 1.82) is 0 Å². The van der Waals surface area contributed by atoms with Crippen molar-refractivity contribution in [2.45, 2.75) is 25.4 Å². The highest BCUT2D eigenvalue weighted by Gasteiger charge is 2.21. The summed E-state index contributed by atoms with van der Waals surface area (Å²) in [5.41, 5.74) is 0.736. The average Bonchev–Trinajstić information content (AvgIpc) is 2.98. The number of aromatic nitrogens is 2. The van der Waals surface area contributed by atoms with Gasteiger partial charge in [-0.15, -0.1) is 0 Å². The maximum Gasteiger partial charge on any atom is 0.339 e. The minimum absolute atomic E-state index is 0.181. The van der Waals surface area contributed by atoms with Gasteiger partial charge < -0.3 is 10.4 Å². The van der Waals surface area contributed by atoms with Gasteiger partial charge in [-0.25, -0.2) is 14.8 Å². The van der Waals surface area contributed by atoms with E-state index in [9.17, 15) is 4.79 Å². The third-order valence-corrected chi connectivity index (χ3v) is 2.16. The van der Waals surface area contributed by atoms with Gasteiger partial charge in [-0.2, -0.15) is 0 Å². The molecule has 74 valence electrons.